The Labute approximate surface area is 71.7 Å². The van der Waals surface area contributed by atoms with Crippen molar-refractivity contribution in [2.45, 2.75) is 38.4 Å². The van der Waals surface area contributed by atoms with Crippen molar-refractivity contribution in [2.75, 3.05) is 0 Å². The summed E-state index contributed by atoms with van der Waals surface area (Å²) in [7, 11) is 0. The Kier molecular flexibility index (Phi) is 2.28. The van der Waals surface area contributed by atoms with E-state index < -0.39 is 11.7 Å². The normalized spacial score (nSPS) is 29.2. The van der Waals surface area contributed by atoms with Crippen LogP contribution in [0.2, 0.25) is 0 Å². The molecule has 3 N–H and O–H groups in total. The Morgan fingerprint density at radius 2 is 2.08 bits per heavy atom. The summed E-state index contributed by atoms with van der Waals surface area (Å²) in [5, 5.41) is 9.52. The van der Waals surface area contributed by atoms with Crippen LogP contribution in [0.1, 0.15) is 26.7 Å². The van der Waals surface area contributed by atoms with Crippen LogP contribution in [0.5, 0.6) is 0 Å². The first-order chi connectivity index (χ1) is 5.39. The van der Waals surface area contributed by atoms with Gasteiger partial charge in [0.15, 0.2) is 0 Å². The lowest BCUT2D eigenvalue weighted by Crippen LogP contribution is -2.45. The lowest BCUT2D eigenvalue weighted by Gasteiger charge is -2.41. The first-order valence-corrected chi connectivity index (χ1v) is 4.08. The van der Waals surface area contributed by atoms with Crippen LogP contribution in [-0.2, 0) is 4.74 Å². The molecule has 0 unspecified atom stereocenters. The predicted octanol–water partition coefficient (Wildman–Crippen LogP) is 0.631. The highest BCUT2D eigenvalue weighted by atomic mass is 16.6. The lowest BCUT2D eigenvalue weighted by atomic mass is 9.72. The summed E-state index contributed by atoms with van der Waals surface area (Å²) in [5.41, 5.74) is 4.16. The molecule has 0 aromatic carbocycles. The molecule has 0 saturated heterocycles. The molecular weight excluding hydrogens is 158 g/mol. The highest BCUT2D eigenvalue weighted by molar-refractivity contribution is 5.64. The number of aliphatic hydroxyl groups is 1. The maximum atomic E-state index is 10.3. The maximum Gasteiger partial charge on any atom is 0.404 e. The van der Waals surface area contributed by atoms with Crippen molar-refractivity contribution in [2.24, 2.45) is 11.7 Å². The third-order valence-electron chi connectivity index (χ3n) is 2.38. The molecule has 12 heavy (non-hydrogen) atoms. The minimum Gasteiger partial charge on any atom is -0.446 e. The quantitative estimate of drug-likeness (QED) is 0.643. The molecule has 4 heteroatoms. The molecule has 1 aliphatic rings. The zero-order valence-electron chi connectivity index (χ0n) is 7.41. The van der Waals surface area contributed by atoms with E-state index in [1.54, 1.807) is 13.8 Å². The third-order valence-corrected chi connectivity index (χ3v) is 2.38. The second kappa shape index (κ2) is 2.94. The molecule has 0 radical (unpaired) electrons. The largest absolute Gasteiger partial charge is 0.446 e. The monoisotopic (exact) mass is 173 g/mol. The number of amides is 1. The Hall–Kier alpha value is -0.770. The molecule has 1 rings (SSSR count). The lowest BCUT2D eigenvalue weighted by molar-refractivity contribution is -0.0783. The minimum atomic E-state index is -0.728. The van der Waals surface area contributed by atoms with Crippen LogP contribution in [0, 0.1) is 5.92 Å². The Morgan fingerprint density at radius 3 is 2.42 bits per heavy atom. The summed E-state index contributed by atoms with van der Waals surface area (Å²) in [6, 6.07) is 0. The van der Waals surface area contributed by atoms with E-state index in [1.807, 2.05) is 0 Å². The third kappa shape index (κ3) is 2.11. The van der Waals surface area contributed by atoms with Crippen molar-refractivity contribution in [3.05, 3.63) is 0 Å². The molecule has 0 aromatic rings. The molecule has 0 aliphatic heterocycles. The molecule has 1 fully saturated rings. The van der Waals surface area contributed by atoms with Gasteiger partial charge in [-0.15, -0.1) is 0 Å². The van der Waals surface area contributed by atoms with Crippen molar-refractivity contribution in [3.8, 4) is 0 Å². The number of hydrogen-bond acceptors (Lipinski definition) is 3. The van der Waals surface area contributed by atoms with E-state index >= 15 is 0 Å². The van der Waals surface area contributed by atoms with Gasteiger partial charge in [-0.05, 0) is 32.6 Å². The van der Waals surface area contributed by atoms with Crippen molar-refractivity contribution < 1.29 is 14.6 Å². The molecule has 4 nitrogen and oxygen atoms in total. The topological polar surface area (TPSA) is 72.6 Å². The Morgan fingerprint density at radius 1 is 1.58 bits per heavy atom. The van der Waals surface area contributed by atoms with Crippen LogP contribution >= 0.6 is 0 Å². The van der Waals surface area contributed by atoms with Gasteiger partial charge in [-0.1, -0.05) is 0 Å². The fraction of sp³-hybridized carbons (Fsp3) is 0.875. The van der Waals surface area contributed by atoms with Crippen LogP contribution in [-0.4, -0.2) is 22.9 Å². The molecule has 0 spiro atoms. The highest BCUT2D eigenvalue weighted by Crippen LogP contribution is 2.37. The fourth-order valence-electron chi connectivity index (χ4n) is 1.40. The van der Waals surface area contributed by atoms with Gasteiger partial charge in [0, 0.05) is 0 Å². The molecule has 0 atom stereocenters. The average Bonchev–Trinajstić information content (AvgIpc) is 1.73. The summed E-state index contributed by atoms with van der Waals surface area (Å²) in [6.07, 6.45) is 0.618. The van der Waals surface area contributed by atoms with Crippen LogP contribution < -0.4 is 5.73 Å². The minimum absolute atomic E-state index is 0.0843. The summed E-state index contributed by atoms with van der Waals surface area (Å²) >= 11 is 0. The molecule has 1 amide bonds. The molecule has 70 valence electrons. The Balaban J connectivity index is 2.25. The van der Waals surface area contributed by atoms with Gasteiger partial charge in [0.2, 0.25) is 0 Å². The molecule has 1 aliphatic carbocycles. The van der Waals surface area contributed by atoms with Gasteiger partial charge >= 0.3 is 6.09 Å². The second-order valence-electron chi connectivity index (χ2n) is 3.88. The fourth-order valence-corrected chi connectivity index (χ4v) is 1.40. The average molecular weight is 173 g/mol. The van der Waals surface area contributed by atoms with E-state index in [9.17, 15) is 9.90 Å². The Bertz CT molecular complexity index is 179. The zero-order chi connectivity index (χ0) is 9.35. The van der Waals surface area contributed by atoms with E-state index in [-0.39, 0.29) is 12.0 Å². The van der Waals surface area contributed by atoms with E-state index in [2.05, 4.69) is 0 Å². The summed E-state index contributed by atoms with van der Waals surface area (Å²) in [6.45, 7) is 3.52. The van der Waals surface area contributed by atoms with Crippen LogP contribution in [0.4, 0.5) is 4.79 Å². The van der Waals surface area contributed by atoms with E-state index in [0.29, 0.717) is 12.8 Å². The van der Waals surface area contributed by atoms with Gasteiger partial charge in [0.05, 0.1) is 5.60 Å². The van der Waals surface area contributed by atoms with Crippen molar-refractivity contribution in [3.63, 3.8) is 0 Å². The summed E-state index contributed by atoms with van der Waals surface area (Å²) < 4.78 is 4.74. The summed E-state index contributed by atoms with van der Waals surface area (Å²) in [4.78, 5) is 10.3. The van der Waals surface area contributed by atoms with Gasteiger partial charge in [-0.3, -0.25) is 0 Å². The summed E-state index contributed by atoms with van der Waals surface area (Å²) in [5.74, 6) is 0.224. The molecule has 0 bridgehead atoms. The smallest absolute Gasteiger partial charge is 0.404 e. The highest BCUT2D eigenvalue weighted by Gasteiger charge is 2.40. The molecular formula is C8H15NO3. The number of rotatable bonds is 2. The molecule has 1 saturated carbocycles. The van der Waals surface area contributed by atoms with Gasteiger partial charge in [0.25, 0.3) is 0 Å². The van der Waals surface area contributed by atoms with Gasteiger partial charge in [-0.25, -0.2) is 4.79 Å². The van der Waals surface area contributed by atoms with E-state index in [1.165, 1.54) is 0 Å². The predicted molar refractivity (Wildman–Crippen MR) is 43.5 cm³/mol. The first kappa shape index (κ1) is 9.32. The van der Waals surface area contributed by atoms with E-state index in [4.69, 9.17) is 10.5 Å². The van der Waals surface area contributed by atoms with Gasteiger partial charge in [-0.2, -0.15) is 0 Å². The number of carbonyl (C=O) groups is 1. The SMILES string of the molecule is CC(C)(O)C1CC(OC(N)=O)C1. The van der Waals surface area contributed by atoms with Crippen LogP contribution in [0.25, 0.3) is 0 Å². The van der Waals surface area contributed by atoms with Gasteiger partial charge in [0.1, 0.15) is 6.10 Å². The van der Waals surface area contributed by atoms with Crippen molar-refractivity contribution in [1.29, 1.82) is 0 Å². The second-order valence-corrected chi connectivity index (χ2v) is 3.88. The first-order valence-electron chi connectivity index (χ1n) is 4.08. The van der Waals surface area contributed by atoms with Crippen molar-refractivity contribution >= 4 is 6.09 Å². The molecule has 0 aromatic heterocycles. The van der Waals surface area contributed by atoms with Crippen molar-refractivity contribution in [1.82, 2.24) is 0 Å². The standard InChI is InChI=1S/C8H15NO3/c1-8(2,11)5-3-6(4-5)12-7(9)10/h5-6,11H,3-4H2,1-2H3,(H2,9,10). The van der Waals surface area contributed by atoms with Gasteiger partial charge < -0.3 is 15.6 Å². The van der Waals surface area contributed by atoms with Crippen LogP contribution in [0.3, 0.4) is 0 Å². The van der Waals surface area contributed by atoms with Crippen LogP contribution in [0.15, 0.2) is 0 Å². The molecule has 0 heterocycles. The number of hydrogen-bond donors (Lipinski definition) is 2. The number of ether oxygens (including phenoxy) is 1. The maximum absolute atomic E-state index is 10.3. The zero-order valence-corrected chi connectivity index (χ0v) is 7.41. The van der Waals surface area contributed by atoms with E-state index in [0.717, 1.165) is 0 Å². The number of primary amides is 1. The number of carbonyl (C=O) groups excluding carboxylic acids is 1. The number of nitrogens with two attached hydrogens (primary N) is 1.